The lowest BCUT2D eigenvalue weighted by molar-refractivity contribution is -0.144. The summed E-state index contributed by atoms with van der Waals surface area (Å²) >= 11 is 0. The third kappa shape index (κ3) is 20.4. The molecule has 0 saturated carbocycles. The monoisotopic (exact) mass is 991 g/mol. The van der Waals surface area contributed by atoms with Gasteiger partial charge in [-0.3, -0.25) is 47.9 Å². The van der Waals surface area contributed by atoms with Crippen LogP contribution in [0.4, 0.5) is 0 Å². The van der Waals surface area contributed by atoms with Gasteiger partial charge in [0.05, 0.1) is 19.0 Å². The van der Waals surface area contributed by atoms with Gasteiger partial charge in [0.2, 0.25) is 47.3 Å². The fourth-order valence-electron chi connectivity index (χ4n) is 7.40. The van der Waals surface area contributed by atoms with Crippen molar-refractivity contribution >= 4 is 65.2 Å². The van der Waals surface area contributed by atoms with Gasteiger partial charge in [-0.2, -0.15) is 0 Å². The lowest BCUT2D eigenvalue weighted by Crippen LogP contribution is -2.60. The van der Waals surface area contributed by atoms with E-state index in [1.54, 1.807) is 12.1 Å². The van der Waals surface area contributed by atoms with Crippen molar-refractivity contribution in [2.24, 2.45) is 23.3 Å². The summed E-state index contributed by atoms with van der Waals surface area (Å²) < 4.78 is 0. The lowest BCUT2D eigenvalue weighted by Gasteiger charge is -2.30. The number of hydrogen-bond acceptors (Lipinski definition) is 14. The summed E-state index contributed by atoms with van der Waals surface area (Å²) in [5.74, 6) is -12.0. The number of unbranched alkanes of at least 4 members (excludes halogenated alkanes) is 1. The Morgan fingerprint density at radius 2 is 1.33 bits per heavy atom. The van der Waals surface area contributed by atoms with E-state index < -0.39 is 145 Å². The molecule has 0 aromatic heterocycles. The molecule has 8 amide bonds. The largest absolute Gasteiger partial charge is 0.508 e. The van der Waals surface area contributed by atoms with E-state index in [1.807, 2.05) is 13.8 Å². The molecule has 1 aromatic rings. The molecule has 0 bridgehead atoms. The van der Waals surface area contributed by atoms with Crippen LogP contribution in [-0.2, 0) is 59.2 Å². The minimum Gasteiger partial charge on any atom is -0.508 e. The number of hydrogen-bond donors (Lipinski definition) is 13. The zero-order valence-electron chi connectivity index (χ0n) is 40.2. The number of likely N-dealkylation sites (tertiary alicyclic amines) is 1. The molecule has 15 N–H and O–H groups in total. The molecule has 390 valence electrons. The van der Waals surface area contributed by atoms with Crippen molar-refractivity contribution in [2.45, 2.75) is 147 Å². The van der Waals surface area contributed by atoms with Crippen LogP contribution in [0.1, 0.15) is 98.0 Å². The highest BCUT2D eigenvalue weighted by molar-refractivity contribution is 5.99. The van der Waals surface area contributed by atoms with Crippen LogP contribution in [-0.4, -0.2) is 158 Å². The number of nitrogens with zero attached hydrogens (tertiary/aromatic N) is 1. The molecule has 25 heteroatoms. The van der Waals surface area contributed by atoms with Crippen LogP contribution in [0.15, 0.2) is 24.3 Å². The number of carboxylic acids is 3. The number of phenolic OH excluding ortho intramolecular Hbond substituents is 1. The Hall–Kier alpha value is -6.89. The van der Waals surface area contributed by atoms with Gasteiger partial charge in [-0.1, -0.05) is 39.8 Å². The Morgan fingerprint density at radius 3 is 1.90 bits per heavy atom. The van der Waals surface area contributed by atoms with Crippen molar-refractivity contribution in [3.63, 3.8) is 0 Å². The van der Waals surface area contributed by atoms with E-state index in [1.165, 1.54) is 37.8 Å². The molecular formula is C45H70N10O15. The zero-order valence-corrected chi connectivity index (χ0v) is 40.2. The first-order valence-corrected chi connectivity index (χ1v) is 23.1. The van der Waals surface area contributed by atoms with Crippen molar-refractivity contribution in [3.8, 4) is 5.75 Å². The summed E-state index contributed by atoms with van der Waals surface area (Å²) in [5, 5.41) is 55.1. The molecule has 8 atom stereocenters. The van der Waals surface area contributed by atoms with E-state index >= 15 is 0 Å². The maximum Gasteiger partial charge on any atom is 0.326 e. The SMILES string of the molecule is CC(C)C[C@H](N)C(=O)N[C@@H](Cc1ccc(O)cc1)C(=O)N1CCC[C@H]1C(=O)N[C@@H](CC(=O)O)C(=O)N[C@@H](CCC(=O)O)C(=O)N[C@H](C(=O)N[C@@H](C)C(=O)NCC(=O)N[C@@H](CCCCN)C(=O)O)C(C)C. The number of nitrogens with two attached hydrogens (primary N) is 2. The molecule has 1 fully saturated rings. The van der Waals surface area contributed by atoms with E-state index in [0.29, 0.717) is 37.8 Å². The number of aliphatic carboxylic acids is 3. The van der Waals surface area contributed by atoms with Crippen LogP contribution < -0.4 is 48.7 Å². The minimum atomic E-state index is -1.87. The first-order valence-electron chi connectivity index (χ1n) is 23.1. The fraction of sp³-hybridized carbons (Fsp3) is 0.622. The number of carboxylic acid groups (broad SMARTS) is 3. The Bertz CT molecular complexity index is 2020. The number of benzene rings is 1. The predicted octanol–water partition coefficient (Wildman–Crippen LogP) is -2.45. The van der Waals surface area contributed by atoms with Crippen molar-refractivity contribution in [2.75, 3.05) is 19.6 Å². The Morgan fingerprint density at radius 1 is 0.700 bits per heavy atom. The molecule has 2 rings (SSSR count). The molecule has 0 radical (unpaired) electrons. The van der Waals surface area contributed by atoms with Gasteiger partial charge in [-0.15, -0.1) is 0 Å². The summed E-state index contributed by atoms with van der Waals surface area (Å²) in [6.07, 6.45) is -0.574. The minimum absolute atomic E-state index is 0.0384. The maximum atomic E-state index is 14.2. The van der Waals surface area contributed by atoms with Gasteiger partial charge in [0, 0.05) is 19.4 Å². The number of amides is 8. The highest BCUT2D eigenvalue weighted by Crippen LogP contribution is 2.21. The number of carbonyl (C=O) groups is 11. The molecule has 0 spiro atoms. The van der Waals surface area contributed by atoms with Crippen LogP contribution in [0.5, 0.6) is 5.75 Å². The standard InChI is InChI=1S/C45H70N10O15/c1-23(2)19-28(47)39(63)53-32(20-26-11-13-27(56)14-12-26)44(68)55-18-8-10-33(55)42(66)52-31(21-36(60)61)41(65)51-29(15-16-35(58)59)40(64)54-37(24(3)4)43(67)49-25(5)38(62)48-22-34(57)50-30(45(69)70)9-6-7-17-46/h11-14,23-25,28-33,37,56H,6-10,15-22,46-47H2,1-5H3,(H,48,62)(H,49,67)(H,50,57)(H,51,65)(H,52,66)(H,53,63)(H,54,64)(H,58,59)(H,60,61)(H,69,70)/t25-,28-,29-,30-,31-,32-,33-,37-/m0/s1. The zero-order chi connectivity index (χ0) is 52.8. The van der Waals surface area contributed by atoms with Gasteiger partial charge in [0.25, 0.3) is 0 Å². The van der Waals surface area contributed by atoms with E-state index in [-0.39, 0.29) is 37.5 Å². The number of rotatable bonds is 30. The number of phenols is 1. The first-order chi connectivity index (χ1) is 32.8. The summed E-state index contributed by atoms with van der Waals surface area (Å²) in [7, 11) is 0. The van der Waals surface area contributed by atoms with Gasteiger partial charge >= 0.3 is 17.9 Å². The smallest absolute Gasteiger partial charge is 0.326 e. The topological polar surface area (TPSA) is 408 Å². The lowest BCUT2D eigenvalue weighted by atomic mass is 10.0. The van der Waals surface area contributed by atoms with Crippen molar-refractivity contribution in [3.05, 3.63) is 29.8 Å². The summed E-state index contributed by atoms with van der Waals surface area (Å²) in [4.78, 5) is 144. The highest BCUT2D eigenvalue weighted by atomic mass is 16.4. The number of aromatic hydroxyl groups is 1. The Labute approximate surface area is 405 Å². The number of carbonyl (C=O) groups excluding carboxylic acids is 8. The summed E-state index contributed by atoms with van der Waals surface area (Å²) in [6.45, 7) is 7.79. The van der Waals surface area contributed by atoms with Crippen molar-refractivity contribution < 1.29 is 73.2 Å². The number of nitrogens with one attached hydrogen (secondary N) is 7. The predicted molar refractivity (Wildman–Crippen MR) is 249 cm³/mol. The van der Waals surface area contributed by atoms with E-state index in [4.69, 9.17) is 11.5 Å². The second kappa shape index (κ2) is 29.2. The first kappa shape index (κ1) is 59.2. The maximum absolute atomic E-state index is 14.2. The molecule has 0 unspecified atom stereocenters. The van der Waals surface area contributed by atoms with Crippen LogP contribution in [0.3, 0.4) is 0 Å². The molecule has 1 aromatic carbocycles. The normalized spacial score (nSPS) is 16.3. The highest BCUT2D eigenvalue weighted by Gasteiger charge is 2.40. The van der Waals surface area contributed by atoms with E-state index in [9.17, 15) is 73.2 Å². The van der Waals surface area contributed by atoms with Gasteiger partial charge < -0.3 is 74.0 Å². The van der Waals surface area contributed by atoms with Crippen molar-refractivity contribution in [1.82, 2.24) is 42.1 Å². The van der Waals surface area contributed by atoms with E-state index in [0.717, 1.165) is 0 Å². The van der Waals surface area contributed by atoms with Crippen molar-refractivity contribution in [1.29, 1.82) is 0 Å². The molecule has 1 heterocycles. The van der Waals surface area contributed by atoms with Crippen LogP contribution in [0.25, 0.3) is 0 Å². The third-order valence-electron chi connectivity index (χ3n) is 11.2. The van der Waals surface area contributed by atoms with Gasteiger partial charge in [0.15, 0.2) is 0 Å². The molecule has 25 nitrogen and oxygen atoms in total. The van der Waals surface area contributed by atoms with Crippen LogP contribution in [0.2, 0.25) is 0 Å². The quantitative estimate of drug-likeness (QED) is 0.0356. The Kier molecular flexibility index (Phi) is 24.7. The van der Waals surface area contributed by atoms with Gasteiger partial charge in [-0.05, 0) is 87.9 Å². The van der Waals surface area contributed by atoms with Gasteiger partial charge in [-0.25, -0.2) is 4.79 Å². The van der Waals surface area contributed by atoms with Gasteiger partial charge in [0.1, 0.15) is 48.0 Å². The van der Waals surface area contributed by atoms with Crippen LogP contribution >= 0.6 is 0 Å². The molecule has 1 saturated heterocycles. The Balaban J connectivity index is 2.24. The molecular weight excluding hydrogens is 921 g/mol. The molecule has 1 aliphatic rings. The molecule has 1 aliphatic heterocycles. The second-order valence-electron chi connectivity index (χ2n) is 17.9. The summed E-state index contributed by atoms with van der Waals surface area (Å²) in [5.41, 5.74) is 12.1. The third-order valence-corrected chi connectivity index (χ3v) is 11.2. The van der Waals surface area contributed by atoms with E-state index in [2.05, 4.69) is 37.2 Å². The molecule has 70 heavy (non-hydrogen) atoms. The summed E-state index contributed by atoms with van der Waals surface area (Å²) in [6, 6.07) is -5.09. The van der Waals surface area contributed by atoms with Crippen LogP contribution in [0, 0.1) is 11.8 Å². The second-order valence-corrected chi connectivity index (χ2v) is 17.9. The average Bonchev–Trinajstić information content (AvgIpc) is 3.78. The average molecular weight is 991 g/mol. The molecule has 0 aliphatic carbocycles. The fourth-order valence-corrected chi connectivity index (χ4v) is 7.40.